The van der Waals surface area contributed by atoms with Crippen LogP contribution in [0.4, 0.5) is 0 Å². The van der Waals surface area contributed by atoms with Crippen LogP contribution >= 0.6 is 39.9 Å². The summed E-state index contributed by atoms with van der Waals surface area (Å²) in [5.41, 5.74) is 1.14. The number of halogens is 2. The number of nitrogens with two attached hydrogens (primary N) is 1. The van der Waals surface area contributed by atoms with Gasteiger partial charge in [-0.2, -0.15) is 0 Å². The molecule has 0 spiro atoms. The van der Waals surface area contributed by atoms with E-state index in [1.807, 2.05) is 43.1 Å². The van der Waals surface area contributed by atoms with E-state index in [0.717, 1.165) is 10.0 Å². The zero-order chi connectivity index (χ0) is 15.9. The highest BCUT2D eigenvalue weighted by Crippen LogP contribution is 2.11. The molecule has 0 aromatic heterocycles. The summed E-state index contributed by atoms with van der Waals surface area (Å²) in [6.07, 6.45) is 0. The van der Waals surface area contributed by atoms with Crippen molar-refractivity contribution in [3.8, 4) is 0 Å². The molecule has 0 unspecified atom stereocenters. The number of hydrogen-bond donors (Lipinski definition) is 2. The second kappa shape index (κ2) is 10.4. The summed E-state index contributed by atoms with van der Waals surface area (Å²) < 4.78 is 22.9. The third kappa shape index (κ3) is 8.91. The Morgan fingerprint density at radius 1 is 1.36 bits per heavy atom. The van der Waals surface area contributed by atoms with Crippen molar-refractivity contribution in [1.82, 2.24) is 10.2 Å². The quantitative estimate of drug-likeness (QED) is 0.351. The second-order valence-electron chi connectivity index (χ2n) is 4.59. The summed E-state index contributed by atoms with van der Waals surface area (Å²) in [6, 6.07) is 8.01. The fourth-order valence-electron chi connectivity index (χ4n) is 1.69. The summed E-state index contributed by atoms with van der Waals surface area (Å²) in [4.78, 5) is 6.22. The summed E-state index contributed by atoms with van der Waals surface area (Å²) in [5, 5.41) is 8.11. The molecular formula is C13H22BrIN4O2S. The number of guanidine groups is 1. The van der Waals surface area contributed by atoms with Crippen LogP contribution in [0, 0.1) is 0 Å². The van der Waals surface area contributed by atoms with Gasteiger partial charge in [0.2, 0.25) is 10.0 Å². The Labute approximate surface area is 157 Å². The molecule has 0 aliphatic rings. The monoisotopic (exact) mass is 504 g/mol. The van der Waals surface area contributed by atoms with Crippen molar-refractivity contribution in [2.24, 2.45) is 10.1 Å². The first-order chi connectivity index (χ1) is 9.81. The molecule has 0 bridgehead atoms. The lowest BCUT2D eigenvalue weighted by molar-refractivity contribution is 0.477. The van der Waals surface area contributed by atoms with Crippen LogP contribution in [-0.2, 0) is 16.6 Å². The molecule has 0 fully saturated rings. The fourth-order valence-corrected chi connectivity index (χ4v) is 2.30. The largest absolute Gasteiger partial charge is 0.357 e. The minimum absolute atomic E-state index is 0. The van der Waals surface area contributed by atoms with Gasteiger partial charge in [-0.3, -0.25) is 4.99 Å². The van der Waals surface area contributed by atoms with E-state index in [2.05, 4.69) is 26.2 Å². The Balaban J connectivity index is 0.00000441. The van der Waals surface area contributed by atoms with Crippen molar-refractivity contribution in [3.63, 3.8) is 0 Å². The van der Waals surface area contributed by atoms with Crippen molar-refractivity contribution in [2.75, 3.05) is 25.9 Å². The number of nitrogens with zero attached hydrogens (tertiary/aromatic N) is 2. The first-order valence-electron chi connectivity index (χ1n) is 6.56. The minimum atomic E-state index is -3.48. The van der Waals surface area contributed by atoms with E-state index in [0.29, 0.717) is 19.0 Å². The van der Waals surface area contributed by atoms with E-state index < -0.39 is 10.0 Å². The molecule has 22 heavy (non-hydrogen) atoms. The molecule has 1 aromatic rings. The molecule has 6 nitrogen and oxygen atoms in total. The van der Waals surface area contributed by atoms with Gasteiger partial charge in [-0.05, 0) is 24.6 Å². The maximum atomic E-state index is 10.9. The van der Waals surface area contributed by atoms with Crippen molar-refractivity contribution in [2.45, 2.75) is 13.5 Å². The van der Waals surface area contributed by atoms with E-state index in [1.165, 1.54) is 0 Å². The summed E-state index contributed by atoms with van der Waals surface area (Å²) in [5.74, 6) is 0.498. The topological polar surface area (TPSA) is 87.8 Å². The molecule has 0 aliphatic carbocycles. The molecule has 0 atom stereocenters. The molecule has 9 heteroatoms. The Bertz CT molecular complexity index is 578. The van der Waals surface area contributed by atoms with Crippen molar-refractivity contribution in [1.29, 1.82) is 0 Å². The van der Waals surface area contributed by atoms with E-state index in [1.54, 1.807) is 0 Å². The van der Waals surface area contributed by atoms with Crippen LogP contribution < -0.4 is 10.5 Å². The predicted molar refractivity (Wildman–Crippen MR) is 105 cm³/mol. The molecule has 0 heterocycles. The third-order valence-corrected chi connectivity index (χ3v) is 3.95. The highest BCUT2D eigenvalue weighted by atomic mass is 127. The van der Waals surface area contributed by atoms with Crippen LogP contribution in [0.3, 0.4) is 0 Å². The number of nitrogens with one attached hydrogen (secondary N) is 1. The van der Waals surface area contributed by atoms with Crippen LogP contribution in [0.5, 0.6) is 0 Å². The van der Waals surface area contributed by atoms with Crippen molar-refractivity contribution in [3.05, 3.63) is 34.3 Å². The number of rotatable bonds is 6. The average molecular weight is 505 g/mol. The van der Waals surface area contributed by atoms with Gasteiger partial charge in [0.1, 0.15) is 0 Å². The second-order valence-corrected chi connectivity index (χ2v) is 7.23. The lowest BCUT2D eigenvalue weighted by Crippen LogP contribution is -2.39. The lowest BCUT2D eigenvalue weighted by Gasteiger charge is -2.22. The van der Waals surface area contributed by atoms with Gasteiger partial charge in [0, 0.05) is 24.6 Å². The molecular weight excluding hydrogens is 483 g/mol. The van der Waals surface area contributed by atoms with Gasteiger partial charge in [0.05, 0.1) is 12.3 Å². The van der Waals surface area contributed by atoms with Crippen LogP contribution in [0.1, 0.15) is 12.5 Å². The Morgan fingerprint density at radius 3 is 2.45 bits per heavy atom. The van der Waals surface area contributed by atoms with Gasteiger partial charge in [-0.1, -0.05) is 28.1 Å². The van der Waals surface area contributed by atoms with Crippen molar-refractivity contribution < 1.29 is 8.42 Å². The zero-order valence-corrected chi connectivity index (χ0v) is 17.4. The van der Waals surface area contributed by atoms with Gasteiger partial charge in [-0.25, -0.2) is 13.6 Å². The highest BCUT2D eigenvalue weighted by molar-refractivity contribution is 14.0. The lowest BCUT2D eigenvalue weighted by atomic mass is 10.2. The van der Waals surface area contributed by atoms with Crippen molar-refractivity contribution >= 4 is 55.9 Å². The maximum absolute atomic E-state index is 10.9. The Hall–Kier alpha value is -0.390. The van der Waals surface area contributed by atoms with E-state index >= 15 is 0 Å². The SMILES string of the molecule is CCNC(=NCCS(N)(=O)=O)N(C)Cc1ccc(Br)cc1.I. The van der Waals surface area contributed by atoms with E-state index in [-0.39, 0.29) is 36.3 Å². The average Bonchev–Trinajstić information content (AvgIpc) is 2.39. The third-order valence-electron chi connectivity index (χ3n) is 2.67. The number of benzene rings is 1. The van der Waals surface area contributed by atoms with Crippen LogP contribution in [-0.4, -0.2) is 45.2 Å². The standard InChI is InChI=1S/C13H21BrN4O2S.HI/c1-3-16-13(17-8-9-21(15,19)20)18(2)10-11-4-6-12(14)7-5-11;/h4-7H,3,8-10H2,1-2H3,(H,16,17)(H2,15,19,20);1H. The highest BCUT2D eigenvalue weighted by Gasteiger charge is 2.07. The van der Waals surface area contributed by atoms with Crippen LogP contribution in [0.25, 0.3) is 0 Å². The normalized spacial score (nSPS) is 11.7. The molecule has 3 N–H and O–H groups in total. The van der Waals surface area contributed by atoms with Gasteiger partial charge in [0.15, 0.2) is 5.96 Å². The molecule has 0 radical (unpaired) electrons. The summed E-state index contributed by atoms with van der Waals surface area (Å²) in [7, 11) is -1.58. The summed E-state index contributed by atoms with van der Waals surface area (Å²) in [6.45, 7) is 3.49. The van der Waals surface area contributed by atoms with Gasteiger partial charge in [-0.15, -0.1) is 24.0 Å². The number of sulfonamides is 1. The number of aliphatic imine (C=N–C) groups is 1. The first-order valence-corrected chi connectivity index (χ1v) is 9.07. The smallest absolute Gasteiger partial charge is 0.210 e. The maximum Gasteiger partial charge on any atom is 0.210 e. The molecule has 0 saturated carbocycles. The van der Waals surface area contributed by atoms with Crippen LogP contribution in [0.15, 0.2) is 33.7 Å². The number of hydrogen-bond acceptors (Lipinski definition) is 3. The van der Waals surface area contributed by atoms with E-state index in [4.69, 9.17) is 5.14 Å². The Kier molecular flexibility index (Phi) is 10.2. The molecule has 0 amide bonds. The van der Waals surface area contributed by atoms with Crippen LogP contribution in [0.2, 0.25) is 0 Å². The molecule has 1 aromatic carbocycles. The summed E-state index contributed by atoms with van der Waals surface area (Å²) >= 11 is 3.40. The predicted octanol–water partition coefficient (Wildman–Crippen LogP) is 1.75. The van der Waals surface area contributed by atoms with Gasteiger partial charge < -0.3 is 10.2 Å². The number of primary sulfonamides is 1. The zero-order valence-electron chi connectivity index (χ0n) is 12.6. The van der Waals surface area contributed by atoms with Gasteiger partial charge >= 0.3 is 0 Å². The minimum Gasteiger partial charge on any atom is -0.357 e. The Morgan fingerprint density at radius 2 is 1.95 bits per heavy atom. The fraction of sp³-hybridized carbons (Fsp3) is 0.462. The molecule has 0 aliphatic heterocycles. The molecule has 0 saturated heterocycles. The first kappa shape index (κ1) is 21.6. The molecule has 126 valence electrons. The molecule has 1 rings (SSSR count). The van der Waals surface area contributed by atoms with Gasteiger partial charge in [0.25, 0.3) is 0 Å². The van der Waals surface area contributed by atoms with E-state index in [9.17, 15) is 8.42 Å².